The van der Waals surface area contributed by atoms with E-state index in [0.29, 0.717) is 0 Å². The van der Waals surface area contributed by atoms with Crippen LogP contribution in [-0.4, -0.2) is 51.5 Å². The molecule has 6 radical (unpaired) electrons. The Morgan fingerprint density at radius 3 is 1.10 bits per heavy atom. The molecule has 48 heavy (non-hydrogen) atoms. The van der Waals surface area contributed by atoms with Crippen molar-refractivity contribution in [1.82, 2.24) is 0 Å². The zero-order valence-corrected chi connectivity index (χ0v) is 36.2. The predicted molar refractivity (Wildman–Crippen MR) is 210 cm³/mol. The Bertz CT molecular complexity index is 2190. The van der Waals surface area contributed by atoms with E-state index in [9.17, 15) is 0 Å². The standard InChI is InChI=1S/C44H38N2.2Pb/c1-29-17-23-39(33(5)27-29)45(35-13-9-7-10-14-35)41-25-19-31(3)43-37(41)21-22-38-42(26-20-32(4)44(38)43)46(36-15-11-8-12-16-36)40-24-18-30(2)28-34(40)6;;/h7-13,15,17-28H,1-6H3;;. The van der Waals surface area contributed by atoms with Crippen LogP contribution in [0.1, 0.15) is 33.4 Å². The molecule has 4 heteroatoms. The van der Waals surface area contributed by atoms with Gasteiger partial charge in [0.15, 0.2) is 0 Å². The molecule has 0 heterocycles. The Kier molecular flexibility index (Phi) is 9.24. The monoisotopic (exact) mass is 1010 g/mol. The number of hydrogen-bond acceptors (Lipinski definition) is 2. The topological polar surface area (TPSA) is 6.48 Å². The first-order valence-corrected chi connectivity index (χ1v) is 20.3. The number of aryl methyl sites for hydroxylation is 6. The number of nitrogens with zero attached hydrogens (tertiary/aromatic N) is 2. The van der Waals surface area contributed by atoms with Gasteiger partial charge in [-0.3, -0.25) is 0 Å². The first kappa shape index (κ1) is 33.0. The predicted octanol–water partition coefficient (Wildman–Crippen LogP) is 10.4. The maximum atomic E-state index is 2.50. The third kappa shape index (κ3) is 5.89. The van der Waals surface area contributed by atoms with Crippen LogP contribution in [0.2, 0.25) is 0 Å². The van der Waals surface area contributed by atoms with Gasteiger partial charge in [-0.25, -0.2) is 0 Å². The van der Waals surface area contributed by atoms with E-state index in [-0.39, 0.29) is 0 Å². The van der Waals surface area contributed by atoms with Crippen molar-refractivity contribution < 1.29 is 0 Å². The van der Waals surface area contributed by atoms with E-state index >= 15 is 0 Å². The molecular weight excluding hydrogens is 971 g/mol. The van der Waals surface area contributed by atoms with Gasteiger partial charge in [-0.05, 0) is 0 Å². The van der Waals surface area contributed by atoms with Crippen molar-refractivity contribution in [3.05, 3.63) is 155 Å². The van der Waals surface area contributed by atoms with Crippen LogP contribution in [0.3, 0.4) is 0 Å². The van der Waals surface area contributed by atoms with Gasteiger partial charge in [0, 0.05) is 0 Å². The van der Waals surface area contributed by atoms with Gasteiger partial charge in [0.25, 0.3) is 0 Å². The second kappa shape index (κ2) is 13.4. The fourth-order valence-corrected chi connectivity index (χ4v) is 9.49. The van der Waals surface area contributed by atoms with E-state index < -0.39 is 0 Å². The molecule has 0 saturated carbocycles. The summed E-state index contributed by atoms with van der Waals surface area (Å²) < 4.78 is 2.77. The second-order valence-corrected chi connectivity index (χ2v) is 17.2. The SMILES string of the molecule is Cc1ccc(N(c2cccc[c]2[Pb])c2ccc(C)c3c2ccc2c(N(c4ccc(C)cc4C)c4cccc[c]4[Pb])ccc(C)c23)c(C)c1. The van der Waals surface area contributed by atoms with E-state index in [1.807, 2.05) is 0 Å². The molecule has 7 aromatic rings. The molecular formula is C44H38N2Pb2. The van der Waals surface area contributed by atoms with Gasteiger partial charge in [0.05, 0.1) is 0 Å². The van der Waals surface area contributed by atoms with Crippen molar-refractivity contribution in [3.63, 3.8) is 0 Å². The number of hydrogen-bond donors (Lipinski definition) is 0. The van der Waals surface area contributed by atoms with Crippen molar-refractivity contribution in [2.75, 3.05) is 9.80 Å². The molecule has 0 atom stereocenters. The van der Waals surface area contributed by atoms with Crippen molar-refractivity contribution in [2.24, 2.45) is 0 Å². The summed E-state index contributed by atoms with van der Waals surface area (Å²) in [7, 11) is 0. The zero-order valence-electron chi connectivity index (χ0n) is 28.4. The summed E-state index contributed by atoms with van der Waals surface area (Å²) in [6, 6.07) is 45.5. The summed E-state index contributed by atoms with van der Waals surface area (Å²) in [6.07, 6.45) is 0. The van der Waals surface area contributed by atoms with E-state index in [1.165, 1.54) is 95.3 Å². The van der Waals surface area contributed by atoms with Crippen molar-refractivity contribution >= 4 is 113 Å². The molecule has 0 unspecified atom stereocenters. The minimum absolute atomic E-state index is 0.961. The van der Waals surface area contributed by atoms with Crippen LogP contribution in [-0.2, 0) is 0 Å². The summed E-state index contributed by atoms with van der Waals surface area (Å²) in [5.41, 5.74) is 15.1. The van der Waals surface area contributed by atoms with E-state index in [0.717, 1.165) is 51.5 Å². The Morgan fingerprint density at radius 2 is 0.729 bits per heavy atom. The van der Waals surface area contributed by atoms with Crippen LogP contribution in [0, 0.1) is 41.5 Å². The van der Waals surface area contributed by atoms with Crippen LogP contribution in [0.4, 0.5) is 34.1 Å². The fourth-order valence-electron chi connectivity index (χ4n) is 7.22. The molecule has 2 nitrogen and oxygen atoms in total. The molecule has 0 saturated heterocycles. The van der Waals surface area contributed by atoms with Gasteiger partial charge in [-0.2, -0.15) is 0 Å². The summed E-state index contributed by atoms with van der Waals surface area (Å²) in [4.78, 5) is 5.01. The van der Waals surface area contributed by atoms with Gasteiger partial charge in [0.1, 0.15) is 0 Å². The first-order valence-electron chi connectivity index (χ1n) is 16.5. The normalized spacial score (nSPS) is 11.3. The third-order valence-electron chi connectivity index (χ3n) is 9.49. The van der Waals surface area contributed by atoms with Crippen molar-refractivity contribution in [2.45, 2.75) is 41.5 Å². The Hall–Kier alpha value is -3.50. The van der Waals surface area contributed by atoms with Gasteiger partial charge in [-0.15, -0.1) is 0 Å². The van der Waals surface area contributed by atoms with Gasteiger partial charge >= 0.3 is 319 Å². The van der Waals surface area contributed by atoms with Gasteiger partial charge in [-0.1, -0.05) is 0 Å². The Morgan fingerprint density at radius 1 is 0.354 bits per heavy atom. The summed E-state index contributed by atoms with van der Waals surface area (Å²) >= 11 is 1.92. The maximum absolute atomic E-state index is 2.50. The molecule has 232 valence electrons. The molecule has 0 amide bonds. The van der Waals surface area contributed by atoms with Crippen LogP contribution in [0.5, 0.6) is 0 Å². The van der Waals surface area contributed by atoms with Crippen LogP contribution in [0.25, 0.3) is 21.5 Å². The van der Waals surface area contributed by atoms with E-state index in [4.69, 9.17) is 0 Å². The molecule has 0 bridgehead atoms. The third-order valence-corrected chi connectivity index (χ3v) is 12.8. The number of rotatable bonds is 6. The Labute approximate surface area is 316 Å². The van der Waals surface area contributed by atoms with Crippen LogP contribution >= 0.6 is 0 Å². The summed E-state index contributed by atoms with van der Waals surface area (Å²) in [5, 5.41) is 5.19. The molecule has 7 rings (SSSR count). The quantitative estimate of drug-likeness (QED) is 0.121. The van der Waals surface area contributed by atoms with E-state index in [2.05, 4.69) is 173 Å². The Balaban J connectivity index is 1.55. The molecule has 0 aliphatic carbocycles. The summed E-state index contributed by atoms with van der Waals surface area (Å²) in [6.45, 7) is 13.4. The van der Waals surface area contributed by atoms with Gasteiger partial charge in [0.2, 0.25) is 0 Å². The van der Waals surface area contributed by atoms with Gasteiger partial charge < -0.3 is 0 Å². The van der Waals surface area contributed by atoms with Crippen LogP contribution in [0.15, 0.2) is 121 Å². The average Bonchev–Trinajstić information content (AvgIpc) is 3.06. The summed E-state index contributed by atoms with van der Waals surface area (Å²) in [5.74, 6) is 0. The van der Waals surface area contributed by atoms with E-state index in [1.54, 1.807) is 0 Å². The average molecular weight is 1010 g/mol. The molecule has 0 fully saturated rings. The molecule has 0 spiro atoms. The second-order valence-electron chi connectivity index (χ2n) is 13.0. The number of anilines is 6. The fraction of sp³-hybridized carbons (Fsp3) is 0.136. The first-order chi connectivity index (χ1) is 23.1. The molecule has 0 N–H and O–H groups in total. The number of para-hydroxylation sites is 2. The number of fused-ring (bicyclic) bond motifs is 3. The molecule has 0 aliphatic rings. The molecule has 0 aliphatic heterocycles. The van der Waals surface area contributed by atoms with Crippen LogP contribution < -0.4 is 16.0 Å². The number of benzene rings is 7. The minimum atomic E-state index is 0.961. The molecule has 7 aromatic carbocycles. The van der Waals surface area contributed by atoms with Crippen molar-refractivity contribution in [3.8, 4) is 0 Å². The molecule has 0 aromatic heterocycles. The van der Waals surface area contributed by atoms with Crippen molar-refractivity contribution in [1.29, 1.82) is 0 Å². The zero-order chi connectivity index (χ0) is 33.7.